The molecule has 1 aliphatic heterocycles. The number of nitrogens with one attached hydrogen (secondary N) is 1. The second-order valence-corrected chi connectivity index (χ2v) is 4.79. The molecular weight excluding hydrogens is 196 g/mol. The van der Waals surface area contributed by atoms with Crippen molar-refractivity contribution in [3.05, 3.63) is 34.9 Å². The molecular formula is C14H24N2+2. The van der Waals surface area contributed by atoms with Gasteiger partial charge in [0.05, 0.1) is 13.1 Å². The number of quaternary nitrogens is 2. The van der Waals surface area contributed by atoms with E-state index >= 15 is 0 Å². The van der Waals surface area contributed by atoms with Crippen LogP contribution in [0.15, 0.2) is 18.2 Å². The molecule has 0 aromatic heterocycles. The van der Waals surface area contributed by atoms with Crippen LogP contribution in [0.2, 0.25) is 0 Å². The molecule has 0 amide bonds. The highest BCUT2D eigenvalue weighted by Gasteiger charge is 2.30. The molecule has 0 saturated heterocycles. The fraction of sp³-hybridized carbons (Fsp3) is 0.571. The Balaban J connectivity index is 2.38. The largest absolute Gasteiger partial charge is 0.337 e. The molecule has 1 aromatic carbocycles. The molecule has 0 saturated carbocycles. The highest BCUT2D eigenvalue weighted by atomic mass is 15.2. The Morgan fingerprint density at radius 1 is 1.31 bits per heavy atom. The summed E-state index contributed by atoms with van der Waals surface area (Å²) in [6.45, 7) is 11.7. The van der Waals surface area contributed by atoms with Crippen LogP contribution in [-0.2, 0) is 6.54 Å². The maximum absolute atomic E-state index is 2.46. The van der Waals surface area contributed by atoms with E-state index in [1.807, 2.05) is 0 Å². The van der Waals surface area contributed by atoms with Crippen LogP contribution >= 0.6 is 0 Å². The number of nitrogens with two attached hydrogens (primary N) is 1. The number of hydrogen-bond acceptors (Lipinski definition) is 0. The number of fused-ring (bicyclic) bond motifs is 1. The lowest BCUT2D eigenvalue weighted by Gasteiger charge is -2.31. The summed E-state index contributed by atoms with van der Waals surface area (Å²) in [5, 5.41) is 2.46. The highest BCUT2D eigenvalue weighted by Crippen LogP contribution is 2.21. The molecule has 0 radical (unpaired) electrons. The summed E-state index contributed by atoms with van der Waals surface area (Å²) in [6, 6.07) is 7.45. The second kappa shape index (κ2) is 4.98. The summed E-state index contributed by atoms with van der Waals surface area (Å²) >= 11 is 0. The summed E-state index contributed by atoms with van der Waals surface area (Å²) in [4.78, 5) is 1.71. The lowest BCUT2D eigenvalue weighted by Crippen LogP contribution is -3.15. The number of aryl methyl sites for hydroxylation is 1. The van der Waals surface area contributed by atoms with Crippen molar-refractivity contribution in [2.45, 2.75) is 33.4 Å². The number of likely N-dealkylation sites (N-methyl/N-ethyl adjacent to an activating group) is 1. The fourth-order valence-corrected chi connectivity index (χ4v) is 3.05. The molecule has 0 aliphatic carbocycles. The van der Waals surface area contributed by atoms with Gasteiger partial charge >= 0.3 is 0 Å². The van der Waals surface area contributed by atoms with E-state index in [4.69, 9.17) is 0 Å². The van der Waals surface area contributed by atoms with Crippen molar-refractivity contribution in [1.29, 1.82) is 0 Å². The molecule has 1 atom stereocenters. The summed E-state index contributed by atoms with van der Waals surface area (Å²) < 4.78 is 0. The van der Waals surface area contributed by atoms with Crippen molar-refractivity contribution in [1.82, 2.24) is 0 Å². The van der Waals surface area contributed by atoms with Crippen LogP contribution in [0.3, 0.4) is 0 Å². The third kappa shape index (κ3) is 2.00. The van der Waals surface area contributed by atoms with Gasteiger partial charge in [-0.25, -0.2) is 0 Å². The molecule has 0 spiro atoms. The molecule has 2 nitrogen and oxygen atoms in total. The maximum Gasteiger partial charge on any atom is 0.163 e. The lowest BCUT2D eigenvalue weighted by molar-refractivity contribution is -0.945. The standard InChI is InChI=1S/C14H22N2/c1-4-16(5-2)13-10-15-9-12-8-6-7-11(3)14(12)13/h6-8,13,15H,4-5,9-10H2,1-3H3/p+2/t13-/m0/s1. The van der Waals surface area contributed by atoms with Crippen molar-refractivity contribution < 1.29 is 10.2 Å². The molecule has 16 heavy (non-hydrogen) atoms. The van der Waals surface area contributed by atoms with Crippen molar-refractivity contribution in [3.8, 4) is 0 Å². The normalized spacial score (nSPS) is 19.9. The number of rotatable bonds is 3. The Morgan fingerprint density at radius 2 is 2.06 bits per heavy atom. The van der Waals surface area contributed by atoms with Crippen LogP contribution in [0.5, 0.6) is 0 Å². The van der Waals surface area contributed by atoms with Gasteiger partial charge in [-0.1, -0.05) is 18.2 Å². The minimum atomic E-state index is 0.694. The maximum atomic E-state index is 2.46. The van der Waals surface area contributed by atoms with Crippen LogP contribution in [-0.4, -0.2) is 19.6 Å². The zero-order valence-corrected chi connectivity index (χ0v) is 10.7. The molecule has 1 aromatic rings. The van der Waals surface area contributed by atoms with Gasteiger partial charge < -0.3 is 10.2 Å². The van der Waals surface area contributed by atoms with E-state index in [1.165, 1.54) is 25.2 Å². The van der Waals surface area contributed by atoms with E-state index in [0.717, 1.165) is 6.54 Å². The molecule has 1 heterocycles. The van der Waals surface area contributed by atoms with Crippen LogP contribution in [0, 0.1) is 6.92 Å². The van der Waals surface area contributed by atoms with Gasteiger partial charge in [0, 0.05) is 11.1 Å². The van der Waals surface area contributed by atoms with Gasteiger partial charge in [0.15, 0.2) is 6.04 Å². The Labute approximate surface area is 98.7 Å². The molecule has 2 rings (SSSR count). The molecule has 0 unspecified atom stereocenters. The van der Waals surface area contributed by atoms with Gasteiger partial charge in [-0.3, -0.25) is 0 Å². The van der Waals surface area contributed by atoms with Gasteiger partial charge in [-0.05, 0) is 26.3 Å². The summed E-state index contributed by atoms with van der Waals surface area (Å²) in [5.41, 5.74) is 4.66. The van der Waals surface area contributed by atoms with E-state index in [-0.39, 0.29) is 0 Å². The first-order chi connectivity index (χ1) is 7.77. The zero-order valence-electron chi connectivity index (χ0n) is 10.7. The van der Waals surface area contributed by atoms with Gasteiger partial charge in [-0.15, -0.1) is 0 Å². The van der Waals surface area contributed by atoms with Crippen molar-refractivity contribution >= 4 is 0 Å². The van der Waals surface area contributed by atoms with Crippen molar-refractivity contribution in [3.63, 3.8) is 0 Å². The third-order valence-corrected chi connectivity index (χ3v) is 3.93. The minimum Gasteiger partial charge on any atom is -0.337 e. The summed E-state index contributed by atoms with van der Waals surface area (Å²) in [5.74, 6) is 0. The number of benzene rings is 1. The van der Waals surface area contributed by atoms with Gasteiger partial charge in [0.2, 0.25) is 0 Å². The predicted molar refractivity (Wildman–Crippen MR) is 66.5 cm³/mol. The van der Waals surface area contributed by atoms with Gasteiger partial charge in [0.1, 0.15) is 13.1 Å². The average Bonchev–Trinajstić information content (AvgIpc) is 2.31. The fourth-order valence-electron chi connectivity index (χ4n) is 3.05. The molecule has 2 heteroatoms. The lowest BCUT2D eigenvalue weighted by atomic mass is 9.91. The quantitative estimate of drug-likeness (QED) is 0.718. The van der Waals surface area contributed by atoms with Crippen molar-refractivity contribution in [2.24, 2.45) is 0 Å². The first-order valence-electron chi connectivity index (χ1n) is 6.52. The minimum absolute atomic E-state index is 0.694. The van der Waals surface area contributed by atoms with E-state index in [0.29, 0.717) is 6.04 Å². The molecule has 3 N–H and O–H groups in total. The van der Waals surface area contributed by atoms with E-state index in [2.05, 4.69) is 44.3 Å². The van der Waals surface area contributed by atoms with Crippen LogP contribution < -0.4 is 10.2 Å². The third-order valence-electron chi connectivity index (χ3n) is 3.93. The van der Waals surface area contributed by atoms with Crippen LogP contribution in [0.1, 0.15) is 36.6 Å². The summed E-state index contributed by atoms with van der Waals surface area (Å²) in [6.07, 6.45) is 0. The Morgan fingerprint density at radius 3 is 2.75 bits per heavy atom. The first kappa shape index (κ1) is 11.6. The van der Waals surface area contributed by atoms with Gasteiger partial charge in [-0.2, -0.15) is 0 Å². The van der Waals surface area contributed by atoms with Gasteiger partial charge in [0.25, 0.3) is 0 Å². The predicted octanol–water partition coefficient (Wildman–Crippen LogP) is 0.0378. The zero-order chi connectivity index (χ0) is 11.5. The van der Waals surface area contributed by atoms with E-state index in [9.17, 15) is 0 Å². The smallest absolute Gasteiger partial charge is 0.163 e. The molecule has 88 valence electrons. The Kier molecular flexibility index (Phi) is 3.62. The van der Waals surface area contributed by atoms with Crippen molar-refractivity contribution in [2.75, 3.05) is 19.6 Å². The molecule has 1 aliphatic rings. The Bertz CT molecular complexity index is 356. The van der Waals surface area contributed by atoms with E-state index in [1.54, 1.807) is 16.0 Å². The van der Waals surface area contributed by atoms with Crippen LogP contribution in [0.25, 0.3) is 0 Å². The monoisotopic (exact) mass is 220 g/mol. The SMILES string of the molecule is CC[NH+](CC)[C@H]1C[NH2+]Cc2cccc(C)c21. The second-order valence-electron chi connectivity index (χ2n) is 4.79. The topological polar surface area (TPSA) is 21.1 Å². The molecule has 0 fully saturated rings. The summed E-state index contributed by atoms with van der Waals surface area (Å²) in [7, 11) is 0. The van der Waals surface area contributed by atoms with E-state index < -0.39 is 0 Å². The Hall–Kier alpha value is -0.860. The molecule has 0 bridgehead atoms. The first-order valence-corrected chi connectivity index (χ1v) is 6.52. The highest BCUT2D eigenvalue weighted by molar-refractivity contribution is 5.36. The van der Waals surface area contributed by atoms with Crippen LogP contribution in [0.4, 0.5) is 0 Å². The number of hydrogen-bond donors (Lipinski definition) is 2. The average molecular weight is 220 g/mol.